The van der Waals surface area contributed by atoms with E-state index in [1.807, 2.05) is 47.6 Å². The second-order valence-corrected chi connectivity index (χ2v) is 8.01. The molecule has 0 bridgehead atoms. The number of hydrogen-bond donors (Lipinski definition) is 4. The zero-order valence-corrected chi connectivity index (χ0v) is 16.3. The lowest BCUT2D eigenvalue weighted by atomic mass is 10.1. The van der Waals surface area contributed by atoms with Crippen LogP contribution in [-0.4, -0.2) is 41.0 Å². The largest absolute Gasteiger partial charge is 0.361 e. The lowest BCUT2D eigenvalue weighted by molar-refractivity contribution is -0.121. The van der Waals surface area contributed by atoms with Gasteiger partial charge in [0, 0.05) is 11.1 Å². The summed E-state index contributed by atoms with van der Waals surface area (Å²) in [5.41, 5.74) is -0.337. The topological polar surface area (TPSA) is 119 Å². The van der Waals surface area contributed by atoms with Crippen molar-refractivity contribution in [3.63, 3.8) is 0 Å². The molecule has 1 rings (SSSR count). The molecule has 1 heterocycles. The number of nitriles is 1. The zero-order valence-electron chi connectivity index (χ0n) is 16.3. The van der Waals surface area contributed by atoms with Crippen molar-refractivity contribution in [3.8, 4) is 6.07 Å². The molecule has 142 valence electrons. The summed E-state index contributed by atoms with van der Waals surface area (Å²) < 4.78 is 0. The summed E-state index contributed by atoms with van der Waals surface area (Å²) in [5, 5.41) is 20.6. The fourth-order valence-corrected chi connectivity index (χ4v) is 2.04. The molecule has 0 aliphatic carbocycles. The Labute approximate surface area is 154 Å². The molecule has 2 amide bonds. The number of carbonyl (C=O) groups is 2. The van der Waals surface area contributed by atoms with E-state index in [0.29, 0.717) is 11.4 Å². The first-order valence-electron chi connectivity index (χ1n) is 8.40. The number of nitrogens with one attached hydrogen (secondary N) is 4. The molecule has 8 nitrogen and oxygen atoms in total. The molecule has 4 N–H and O–H groups in total. The van der Waals surface area contributed by atoms with Crippen LogP contribution in [0, 0.1) is 11.3 Å². The quantitative estimate of drug-likeness (QED) is 0.612. The zero-order chi connectivity index (χ0) is 20.0. The molecule has 0 aliphatic rings. The van der Waals surface area contributed by atoms with Crippen LogP contribution in [0.1, 0.15) is 47.1 Å². The minimum absolute atomic E-state index is 0.00703. The number of pyridine rings is 1. The van der Waals surface area contributed by atoms with Crippen LogP contribution in [0.5, 0.6) is 0 Å². The number of nitrogens with zero attached hydrogens (tertiary/aromatic N) is 2. The predicted molar refractivity (Wildman–Crippen MR) is 102 cm³/mol. The third kappa shape index (κ3) is 8.33. The van der Waals surface area contributed by atoms with Gasteiger partial charge < -0.3 is 21.3 Å². The van der Waals surface area contributed by atoms with Gasteiger partial charge >= 0.3 is 0 Å². The fraction of sp³-hybridized carbons (Fsp3) is 0.556. The minimum atomic E-state index is -0.339. The number of carbonyl (C=O) groups excluding carboxylic acids is 2. The average molecular weight is 360 g/mol. The van der Waals surface area contributed by atoms with E-state index in [9.17, 15) is 14.9 Å². The molecule has 0 radical (unpaired) electrons. The van der Waals surface area contributed by atoms with E-state index in [0.717, 1.165) is 0 Å². The maximum Gasteiger partial charge on any atom is 0.239 e. The fourth-order valence-electron chi connectivity index (χ4n) is 2.04. The van der Waals surface area contributed by atoms with E-state index in [1.54, 1.807) is 12.1 Å². The van der Waals surface area contributed by atoms with Gasteiger partial charge in [0.1, 0.15) is 17.7 Å². The molecule has 26 heavy (non-hydrogen) atoms. The molecule has 0 aromatic carbocycles. The Hall–Kier alpha value is -2.82. The Morgan fingerprint density at radius 3 is 1.92 bits per heavy atom. The maximum absolute atomic E-state index is 11.9. The Morgan fingerprint density at radius 1 is 0.962 bits per heavy atom. The molecule has 0 spiro atoms. The van der Waals surface area contributed by atoms with E-state index in [1.165, 1.54) is 0 Å². The summed E-state index contributed by atoms with van der Waals surface area (Å²) in [6, 6.07) is 5.23. The van der Waals surface area contributed by atoms with Gasteiger partial charge in [0.15, 0.2) is 0 Å². The smallest absolute Gasteiger partial charge is 0.239 e. The summed E-state index contributed by atoms with van der Waals surface area (Å²) in [5.74, 6) is 0.360. The summed E-state index contributed by atoms with van der Waals surface area (Å²) >= 11 is 0. The Bertz CT molecular complexity index is 695. The van der Waals surface area contributed by atoms with Gasteiger partial charge in [-0.3, -0.25) is 9.59 Å². The van der Waals surface area contributed by atoms with Crippen LogP contribution in [0.2, 0.25) is 0 Å². The highest BCUT2D eigenvalue weighted by Crippen LogP contribution is 2.15. The first-order valence-corrected chi connectivity index (χ1v) is 8.40. The van der Waals surface area contributed by atoms with Crippen molar-refractivity contribution in [1.82, 2.24) is 15.6 Å². The third-order valence-electron chi connectivity index (χ3n) is 2.89. The number of hydrogen-bond acceptors (Lipinski definition) is 6. The number of anilines is 2. The first-order chi connectivity index (χ1) is 11.9. The monoisotopic (exact) mass is 360 g/mol. The van der Waals surface area contributed by atoms with E-state index in [2.05, 4.69) is 26.3 Å². The van der Waals surface area contributed by atoms with Crippen LogP contribution >= 0.6 is 0 Å². The van der Waals surface area contributed by atoms with E-state index >= 15 is 0 Å². The molecular weight excluding hydrogens is 332 g/mol. The molecule has 0 saturated heterocycles. The first kappa shape index (κ1) is 21.2. The lowest BCUT2D eigenvalue weighted by Crippen LogP contribution is -2.43. The second-order valence-electron chi connectivity index (χ2n) is 8.01. The third-order valence-corrected chi connectivity index (χ3v) is 2.89. The molecular formula is C18H28N6O2. The predicted octanol–water partition coefficient (Wildman–Crippen LogP) is 1.61. The van der Waals surface area contributed by atoms with Crippen molar-refractivity contribution in [1.29, 1.82) is 5.26 Å². The normalized spacial score (nSPS) is 11.3. The maximum atomic E-state index is 11.9. The van der Waals surface area contributed by atoms with Gasteiger partial charge in [-0.15, -0.1) is 0 Å². The van der Waals surface area contributed by atoms with Crippen molar-refractivity contribution in [2.75, 3.05) is 23.7 Å². The van der Waals surface area contributed by atoms with Crippen molar-refractivity contribution in [3.05, 3.63) is 17.7 Å². The molecule has 1 aromatic heterocycles. The molecule has 8 heteroatoms. The SMILES string of the molecule is CC(C)(C)NC(=O)CNc1ccc(C#N)c(NCC(=O)NC(C)(C)C)n1. The standard InChI is InChI=1S/C18H28N6O2/c1-17(2,3)23-14(25)10-20-13-8-7-12(9-19)16(22-13)21-11-15(26)24-18(4,5)6/h7-8H,10-11H2,1-6H3,(H,23,25)(H,24,26)(H2,20,21,22). The molecule has 1 aromatic rings. The van der Waals surface area contributed by atoms with Crippen LogP contribution in [0.15, 0.2) is 12.1 Å². The van der Waals surface area contributed by atoms with Crippen molar-refractivity contribution in [2.24, 2.45) is 0 Å². The van der Waals surface area contributed by atoms with Crippen LogP contribution in [0.3, 0.4) is 0 Å². The van der Waals surface area contributed by atoms with Gasteiger partial charge in [0.05, 0.1) is 18.7 Å². The van der Waals surface area contributed by atoms with Gasteiger partial charge in [-0.1, -0.05) is 0 Å². The van der Waals surface area contributed by atoms with Gasteiger partial charge in [-0.05, 0) is 53.7 Å². The second kappa shape index (κ2) is 8.52. The lowest BCUT2D eigenvalue weighted by Gasteiger charge is -2.21. The Morgan fingerprint density at radius 2 is 1.46 bits per heavy atom. The molecule has 0 aliphatic heterocycles. The van der Waals surface area contributed by atoms with Crippen molar-refractivity contribution < 1.29 is 9.59 Å². The molecule has 0 atom stereocenters. The minimum Gasteiger partial charge on any atom is -0.361 e. The van der Waals surface area contributed by atoms with Crippen LogP contribution in [0.4, 0.5) is 11.6 Å². The Kier molecular flexibility index (Phi) is 6.95. The number of amides is 2. The van der Waals surface area contributed by atoms with Crippen LogP contribution < -0.4 is 21.3 Å². The molecule has 0 unspecified atom stereocenters. The van der Waals surface area contributed by atoms with Gasteiger partial charge in [-0.2, -0.15) is 5.26 Å². The van der Waals surface area contributed by atoms with E-state index in [-0.39, 0.29) is 41.8 Å². The van der Waals surface area contributed by atoms with Crippen LogP contribution in [-0.2, 0) is 9.59 Å². The number of rotatable bonds is 6. The van der Waals surface area contributed by atoms with E-state index < -0.39 is 0 Å². The highest BCUT2D eigenvalue weighted by atomic mass is 16.2. The highest BCUT2D eigenvalue weighted by Gasteiger charge is 2.15. The van der Waals surface area contributed by atoms with Gasteiger partial charge in [0.2, 0.25) is 11.8 Å². The molecule has 0 saturated carbocycles. The summed E-state index contributed by atoms with van der Waals surface area (Å²) in [4.78, 5) is 28.1. The van der Waals surface area contributed by atoms with Crippen molar-refractivity contribution >= 4 is 23.5 Å². The summed E-state index contributed by atoms with van der Waals surface area (Å²) in [7, 11) is 0. The summed E-state index contributed by atoms with van der Waals surface area (Å²) in [6.07, 6.45) is 0. The van der Waals surface area contributed by atoms with Gasteiger partial charge in [0.25, 0.3) is 0 Å². The average Bonchev–Trinajstić information content (AvgIpc) is 2.47. The van der Waals surface area contributed by atoms with Crippen molar-refractivity contribution in [2.45, 2.75) is 52.6 Å². The summed E-state index contributed by atoms with van der Waals surface area (Å²) in [6.45, 7) is 11.4. The highest BCUT2D eigenvalue weighted by molar-refractivity contribution is 5.82. The van der Waals surface area contributed by atoms with E-state index in [4.69, 9.17) is 0 Å². The number of aromatic nitrogens is 1. The van der Waals surface area contributed by atoms with Gasteiger partial charge in [-0.25, -0.2) is 4.98 Å². The molecule has 0 fully saturated rings. The van der Waals surface area contributed by atoms with Crippen LogP contribution in [0.25, 0.3) is 0 Å². The Balaban J connectivity index is 2.72.